The number of amides is 1. The number of fused-ring (bicyclic) bond motifs is 1. The van der Waals surface area contributed by atoms with Crippen LogP contribution in [0.2, 0.25) is 0 Å². The Bertz CT molecular complexity index is 983. The van der Waals surface area contributed by atoms with Crippen LogP contribution in [0.25, 0.3) is 10.2 Å². The third kappa shape index (κ3) is 3.87. The minimum atomic E-state index is -0.0841. The Morgan fingerprint density at radius 3 is 2.96 bits per heavy atom. The van der Waals surface area contributed by atoms with Crippen molar-refractivity contribution in [1.82, 2.24) is 4.98 Å². The third-order valence-electron chi connectivity index (χ3n) is 4.79. The van der Waals surface area contributed by atoms with E-state index in [0.29, 0.717) is 23.0 Å². The average Bonchev–Trinajstić information content (AvgIpc) is 3.40. The summed E-state index contributed by atoms with van der Waals surface area (Å²) in [4.78, 5) is 21.1. The molecule has 2 aromatic carbocycles. The molecule has 1 amide bonds. The molecule has 0 unspecified atom stereocenters. The van der Waals surface area contributed by atoms with E-state index in [-0.39, 0.29) is 12.0 Å². The molecule has 0 bridgehead atoms. The Morgan fingerprint density at radius 2 is 2.21 bits per heavy atom. The molecule has 2 heterocycles. The standard InChI is InChI=1S/C21H22N2O3S2/c1-25-15-7-3-6-14(12-15)20(24)23(13-16-8-5-11-26-16)21-22-19-17(27-2)9-4-10-18(19)28-21/h3-4,6-7,9-10,12,16H,5,8,11,13H2,1-2H3/t16-/m1/s1. The van der Waals surface area contributed by atoms with Crippen molar-refractivity contribution in [3.8, 4) is 5.75 Å². The van der Waals surface area contributed by atoms with Gasteiger partial charge in [-0.2, -0.15) is 0 Å². The minimum Gasteiger partial charge on any atom is -0.497 e. The van der Waals surface area contributed by atoms with E-state index in [1.807, 2.05) is 30.5 Å². The summed E-state index contributed by atoms with van der Waals surface area (Å²) in [5.74, 6) is 0.580. The van der Waals surface area contributed by atoms with Crippen LogP contribution in [0, 0.1) is 0 Å². The van der Waals surface area contributed by atoms with E-state index >= 15 is 0 Å². The van der Waals surface area contributed by atoms with E-state index in [4.69, 9.17) is 14.5 Å². The van der Waals surface area contributed by atoms with E-state index in [1.54, 1.807) is 41.2 Å². The lowest BCUT2D eigenvalue weighted by molar-refractivity contribution is 0.0917. The predicted octanol–water partition coefficient (Wildman–Crippen LogP) is 4.85. The first-order valence-corrected chi connectivity index (χ1v) is 11.2. The number of aromatic nitrogens is 1. The highest BCUT2D eigenvalue weighted by atomic mass is 32.2. The summed E-state index contributed by atoms with van der Waals surface area (Å²) < 4.78 is 12.2. The van der Waals surface area contributed by atoms with E-state index in [1.165, 1.54) is 0 Å². The molecule has 7 heteroatoms. The Balaban J connectivity index is 1.73. The van der Waals surface area contributed by atoms with Gasteiger partial charge in [0.1, 0.15) is 5.75 Å². The second-order valence-corrected chi connectivity index (χ2v) is 8.44. The first kappa shape index (κ1) is 19.2. The molecule has 1 aromatic heterocycles. The van der Waals surface area contributed by atoms with Gasteiger partial charge in [0, 0.05) is 17.1 Å². The zero-order chi connectivity index (χ0) is 19.5. The van der Waals surface area contributed by atoms with Gasteiger partial charge in [-0.1, -0.05) is 23.5 Å². The lowest BCUT2D eigenvalue weighted by Gasteiger charge is -2.23. The summed E-state index contributed by atoms with van der Waals surface area (Å²) in [5.41, 5.74) is 1.53. The molecular formula is C21H22N2O3S2. The maximum absolute atomic E-state index is 13.4. The molecule has 0 saturated carbocycles. The van der Waals surface area contributed by atoms with Gasteiger partial charge in [-0.25, -0.2) is 4.98 Å². The second kappa shape index (κ2) is 8.51. The SMILES string of the molecule is COc1cccc(C(=O)N(C[C@H]2CCCO2)c2nc3c(SC)cccc3s2)c1. The number of methoxy groups -OCH3 is 1. The molecule has 3 aromatic rings. The number of anilines is 1. The average molecular weight is 415 g/mol. The Morgan fingerprint density at radius 1 is 1.36 bits per heavy atom. The van der Waals surface area contributed by atoms with Crippen molar-refractivity contribution >= 4 is 44.4 Å². The molecule has 5 nitrogen and oxygen atoms in total. The number of carbonyl (C=O) groups is 1. The van der Waals surface area contributed by atoms with Crippen LogP contribution in [-0.2, 0) is 4.74 Å². The lowest BCUT2D eigenvalue weighted by atomic mass is 10.1. The van der Waals surface area contributed by atoms with Crippen LogP contribution >= 0.6 is 23.1 Å². The maximum atomic E-state index is 13.4. The highest BCUT2D eigenvalue weighted by Crippen LogP contribution is 2.35. The van der Waals surface area contributed by atoms with Gasteiger partial charge >= 0.3 is 0 Å². The van der Waals surface area contributed by atoms with Gasteiger partial charge in [0.15, 0.2) is 5.13 Å². The van der Waals surface area contributed by atoms with Gasteiger partial charge < -0.3 is 9.47 Å². The normalized spacial score (nSPS) is 16.4. The van der Waals surface area contributed by atoms with Gasteiger partial charge in [0.2, 0.25) is 0 Å². The zero-order valence-corrected chi connectivity index (χ0v) is 17.5. The largest absolute Gasteiger partial charge is 0.497 e. The number of nitrogens with zero attached hydrogens (tertiary/aromatic N) is 2. The molecular weight excluding hydrogens is 392 g/mol. The fourth-order valence-corrected chi connectivity index (χ4v) is 4.97. The Labute approximate surface area is 172 Å². The molecule has 0 N–H and O–H groups in total. The molecule has 146 valence electrons. The number of ether oxygens (including phenoxy) is 2. The first-order valence-electron chi connectivity index (χ1n) is 9.20. The van der Waals surface area contributed by atoms with Gasteiger partial charge in [-0.3, -0.25) is 9.69 Å². The number of hydrogen-bond donors (Lipinski definition) is 0. The van der Waals surface area contributed by atoms with Crippen molar-refractivity contribution in [3.63, 3.8) is 0 Å². The Kier molecular flexibility index (Phi) is 5.85. The zero-order valence-electron chi connectivity index (χ0n) is 15.9. The number of rotatable bonds is 6. The summed E-state index contributed by atoms with van der Waals surface area (Å²) in [6, 6.07) is 13.4. The van der Waals surface area contributed by atoms with E-state index in [2.05, 4.69) is 12.1 Å². The molecule has 0 spiro atoms. The number of benzene rings is 2. The fraction of sp³-hybridized carbons (Fsp3) is 0.333. The highest BCUT2D eigenvalue weighted by Gasteiger charge is 2.27. The Hall–Kier alpha value is -2.09. The fourth-order valence-electron chi connectivity index (χ4n) is 3.34. The topological polar surface area (TPSA) is 51.7 Å². The van der Waals surface area contributed by atoms with Crippen molar-refractivity contribution in [2.24, 2.45) is 0 Å². The highest BCUT2D eigenvalue weighted by molar-refractivity contribution is 7.98. The monoisotopic (exact) mass is 414 g/mol. The van der Waals surface area contributed by atoms with Gasteiger partial charge in [0.05, 0.1) is 30.0 Å². The van der Waals surface area contributed by atoms with E-state index in [0.717, 1.165) is 34.6 Å². The molecule has 1 atom stereocenters. The minimum absolute atomic E-state index is 0.0431. The summed E-state index contributed by atoms with van der Waals surface area (Å²) in [6.45, 7) is 1.26. The van der Waals surface area contributed by atoms with E-state index in [9.17, 15) is 4.79 Å². The van der Waals surface area contributed by atoms with Gasteiger partial charge in [0.25, 0.3) is 5.91 Å². The second-order valence-electron chi connectivity index (χ2n) is 6.59. The number of para-hydroxylation sites is 1. The predicted molar refractivity (Wildman–Crippen MR) is 115 cm³/mol. The molecule has 1 aliphatic heterocycles. The van der Waals surface area contributed by atoms with Crippen LogP contribution in [0.3, 0.4) is 0 Å². The number of hydrogen-bond acceptors (Lipinski definition) is 6. The van der Waals surface area contributed by atoms with Crippen molar-refractivity contribution < 1.29 is 14.3 Å². The molecule has 1 saturated heterocycles. The van der Waals surface area contributed by atoms with E-state index < -0.39 is 0 Å². The van der Waals surface area contributed by atoms with Gasteiger partial charge in [-0.05, 0) is 49.4 Å². The summed E-state index contributed by atoms with van der Waals surface area (Å²) >= 11 is 3.21. The van der Waals surface area contributed by atoms with Crippen molar-refractivity contribution in [2.45, 2.75) is 23.8 Å². The number of thiazole rings is 1. The first-order chi connectivity index (χ1) is 13.7. The quantitative estimate of drug-likeness (QED) is 0.540. The third-order valence-corrected chi connectivity index (χ3v) is 6.61. The summed E-state index contributed by atoms with van der Waals surface area (Å²) in [5, 5.41) is 0.708. The molecule has 28 heavy (non-hydrogen) atoms. The van der Waals surface area contributed by atoms with Crippen molar-refractivity contribution in [1.29, 1.82) is 0 Å². The van der Waals surface area contributed by atoms with Crippen LogP contribution in [0.4, 0.5) is 5.13 Å². The molecule has 4 rings (SSSR count). The maximum Gasteiger partial charge on any atom is 0.260 e. The van der Waals surface area contributed by atoms with Crippen LogP contribution in [0.15, 0.2) is 47.4 Å². The van der Waals surface area contributed by atoms with Crippen LogP contribution < -0.4 is 9.64 Å². The molecule has 0 radical (unpaired) electrons. The van der Waals surface area contributed by atoms with Crippen LogP contribution in [-0.4, -0.2) is 43.5 Å². The molecule has 1 fully saturated rings. The van der Waals surface area contributed by atoms with Crippen LogP contribution in [0.1, 0.15) is 23.2 Å². The van der Waals surface area contributed by atoms with Crippen molar-refractivity contribution in [3.05, 3.63) is 48.0 Å². The van der Waals surface area contributed by atoms with Gasteiger partial charge in [-0.15, -0.1) is 11.8 Å². The summed E-state index contributed by atoms with van der Waals surface area (Å²) in [7, 11) is 1.60. The number of thioether (sulfide) groups is 1. The number of carbonyl (C=O) groups excluding carboxylic acids is 1. The lowest BCUT2D eigenvalue weighted by Crippen LogP contribution is -2.37. The summed E-state index contributed by atoms with van der Waals surface area (Å²) in [6.07, 6.45) is 4.08. The smallest absolute Gasteiger partial charge is 0.260 e. The van der Waals surface area contributed by atoms with Crippen molar-refractivity contribution in [2.75, 3.05) is 31.4 Å². The molecule has 1 aliphatic rings. The molecule has 0 aliphatic carbocycles. The van der Waals surface area contributed by atoms with Crippen LogP contribution in [0.5, 0.6) is 5.75 Å².